The van der Waals surface area contributed by atoms with Crippen LogP contribution in [0.15, 0.2) is 46.4 Å². The zero-order valence-corrected chi connectivity index (χ0v) is 17.2. The molecule has 0 saturated carbocycles. The number of pyridine rings is 1. The van der Waals surface area contributed by atoms with Crippen LogP contribution >= 0.6 is 27.3 Å². The molecule has 6 nitrogen and oxygen atoms in total. The van der Waals surface area contributed by atoms with Gasteiger partial charge in [-0.05, 0) is 46.5 Å². The third kappa shape index (κ3) is 5.27. The number of aromatic nitrogens is 2. The summed E-state index contributed by atoms with van der Waals surface area (Å²) >= 11 is 4.89. The van der Waals surface area contributed by atoms with E-state index in [-0.39, 0.29) is 5.56 Å². The minimum atomic E-state index is -1.01. The summed E-state index contributed by atoms with van der Waals surface area (Å²) in [5.41, 5.74) is 1.19. The van der Waals surface area contributed by atoms with Crippen molar-refractivity contribution in [3.63, 3.8) is 0 Å². The van der Waals surface area contributed by atoms with E-state index in [1.54, 1.807) is 24.4 Å². The topological polar surface area (TPSA) is 84.3 Å². The van der Waals surface area contributed by atoms with E-state index in [9.17, 15) is 4.79 Å². The molecule has 0 aliphatic carbocycles. The first-order chi connectivity index (χ1) is 12.9. The molecular formula is C19H18BrN3O3S. The number of anilines is 2. The number of carboxylic acid groups (broad SMARTS) is 1. The Morgan fingerprint density at radius 1 is 1.37 bits per heavy atom. The van der Waals surface area contributed by atoms with Gasteiger partial charge in [0.25, 0.3) is 0 Å². The van der Waals surface area contributed by atoms with Gasteiger partial charge >= 0.3 is 5.97 Å². The molecule has 3 rings (SSSR count). The first-order valence-electron chi connectivity index (χ1n) is 8.29. The van der Waals surface area contributed by atoms with E-state index < -0.39 is 5.97 Å². The molecule has 0 fully saturated rings. The van der Waals surface area contributed by atoms with E-state index in [1.165, 1.54) is 23.5 Å². The summed E-state index contributed by atoms with van der Waals surface area (Å²) < 4.78 is 6.63. The predicted molar refractivity (Wildman–Crippen MR) is 109 cm³/mol. The third-order valence-electron chi connectivity index (χ3n) is 3.52. The number of carbonyl (C=O) groups is 1. The summed E-state index contributed by atoms with van der Waals surface area (Å²) in [6, 6.07) is 8.08. The Kier molecular flexibility index (Phi) is 6.08. The smallest absolute Gasteiger partial charge is 0.335 e. The van der Waals surface area contributed by atoms with Gasteiger partial charge in [-0.3, -0.25) is 0 Å². The number of halogens is 1. The molecule has 2 N–H and O–H groups in total. The molecule has 8 heteroatoms. The molecule has 2 aromatic heterocycles. The molecule has 140 valence electrons. The minimum Gasteiger partial charge on any atom is -0.478 e. The van der Waals surface area contributed by atoms with Gasteiger partial charge in [-0.2, -0.15) is 0 Å². The van der Waals surface area contributed by atoms with Crippen LogP contribution in [-0.4, -0.2) is 21.0 Å². The molecule has 0 spiro atoms. The second-order valence-corrected chi connectivity index (χ2v) is 8.08. The average Bonchev–Trinajstić information content (AvgIpc) is 3.04. The lowest BCUT2D eigenvalue weighted by Gasteiger charge is -2.11. The first-order valence-corrected chi connectivity index (χ1v) is 9.96. The molecule has 27 heavy (non-hydrogen) atoms. The Bertz CT molecular complexity index is 959. The van der Waals surface area contributed by atoms with Gasteiger partial charge < -0.3 is 15.2 Å². The lowest BCUT2D eigenvalue weighted by Crippen LogP contribution is -1.99. The van der Waals surface area contributed by atoms with E-state index >= 15 is 0 Å². The van der Waals surface area contributed by atoms with Gasteiger partial charge in [0, 0.05) is 22.1 Å². The second-order valence-electron chi connectivity index (χ2n) is 6.30. The van der Waals surface area contributed by atoms with Gasteiger partial charge in [0.1, 0.15) is 5.75 Å². The molecular weight excluding hydrogens is 430 g/mol. The summed E-state index contributed by atoms with van der Waals surface area (Å²) in [5.74, 6) is 0.909. The van der Waals surface area contributed by atoms with Gasteiger partial charge in [-0.15, -0.1) is 11.3 Å². The number of thiazole rings is 1. The normalized spacial score (nSPS) is 10.8. The van der Waals surface area contributed by atoms with Crippen molar-refractivity contribution in [1.82, 2.24) is 9.97 Å². The molecule has 0 radical (unpaired) electrons. The van der Waals surface area contributed by atoms with Crippen LogP contribution in [0.25, 0.3) is 0 Å². The first kappa shape index (κ1) is 19.3. The third-order valence-corrected chi connectivity index (χ3v) is 4.76. The van der Waals surface area contributed by atoms with Gasteiger partial charge in [0.15, 0.2) is 16.7 Å². The minimum absolute atomic E-state index is 0.156. The summed E-state index contributed by atoms with van der Waals surface area (Å²) in [6.07, 6.45) is 2.57. The SMILES string of the molecule is CC(C)Cc1csc(Nc2ncc(Br)cc2Oc2cccc(C(=O)O)c2)n1. The molecule has 0 amide bonds. The van der Waals surface area contributed by atoms with Crippen molar-refractivity contribution in [2.75, 3.05) is 5.32 Å². The summed E-state index contributed by atoms with van der Waals surface area (Å²) in [7, 11) is 0. The number of hydrogen-bond acceptors (Lipinski definition) is 6. The number of rotatable bonds is 7. The highest BCUT2D eigenvalue weighted by atomic mass is 79.9. The highest BCUT2D eigenvalue weighted by Gasteiger charge is 2.12. The molecule has 0 bridgehead atoms. The van der Waals surface area contributed by atoms with Crippen LogP contribution in [0.5, 0.6) is 11.5 Å². The summed E-state index contributed by atoms with van der Waals surface area (Å²) in [4.78, 5) is 20.1. The van der Waals surface area contributed by atoms with Crippen molar-refractivity contribution in [1.29, 1.82) is 0 Å². The number of ether oxygens (including phenoxy) is 1. The highest BCUT2D eigenvalue weighted by molar-refractivity contribution is 9.10. The van der Waals surface area contributed by atoms with E-state index in [4.69, 9.17) is 9.84 Å². The monoisotopic (exact) mass is 447 g/mol. The predicted octanol–water partition coefficient (Wildman–Crippen LogP) is 5.73. The molecule has 0 atom stereocenters. The lowest BCUT2D eigenvalue weighted by atomic mass is 10.1. The lowest BCUT2D eigenvalue weighted by molar-refractivity contribution is 0.0696. The van der Waals surface area contributed by atoms with Gasteiger partial charge in [0.2, 0.25) is 0 Å². The molecule has 0 saturated heterocycles. The maximum Gasteiger partial charge on any atom is 0.335 e. The van der Waals surface area contributed by atoms with Crippen LogP contribution in [0, 0.1) is 5.92 Å². The largest absolute Gasteiger partial charge is 0.478 e. The van der Waals surface area contributed by atoms with Crippen molar-refractivity contribution in [2.45, 2.75) is 20.3 Å². The Morgan fingerprint density at radius 3 is 2.93 bits per heavy atom. The van der Waals surface area contributed by atoms with Crippen LogP contribution in [0.1, 0.15) is 29.9 Å². The number of carboxylic acids is 1. The van der Waals surface area contributed by atoms with E-state index in [2.05, 4.69) is 45.1 Å². The quantitative estimate of drug-likeness (QED) is 0.480. The number of nitrogens with zero attached hydrogens (tertiary/aromatic N) is 2. The van der Waals surface area contributed by atoms with Crippen LogP contribution in [0.4, 0.5) is 10.9 Å². The van der Waals surface area contributed by atoms with E-state index in [1.807, 2.05) is 5.38 Å². The van der Waals surface area contributed by atoms with Crippen molar-refractivity contribution in [3.8, 4) is 11.5 Å². The fourth-order valence-electron chi connectivity index (χ4n) is 2.39. The standard InChI is InChI=1S/C19H18BrN3O3S/c1-11(2)6-14-10-27-19(22-14)23-17-16(8-13(20)9-21-17)26-15-5-3-4-12(7-15)18(24)25/h3-5,7-11H,6H2,1-2H3,(H,24,25)(H,21,22,23). The number of nitrogens with one attached hydrogen (secondary N) is 1. The van der Waals surface area contributed by atoms with Crippen molar-refractivity contribution < 1.29 is 14.6 Å². The summed E-state index contributed by atoms with van der Waals surface area (Å²) in [5, 5.41) is 15.1. The van der Waals surface area contributed by atoms with Crippen LogP contribution < -0.4 is 10.1 Å². The molecule has 2 heterocycles. The maximum atomic E-state index is 11.2. The zero-order chi connectivity index (χ0) is 19.4. The van der Waals surface area contributed by atoms with Crippen LogP contribution in [-0.2, 0) is 6.42 Å². The number of hydrogen-bond donors (Lipinski definition) is 2. The second kappa shape index (κ2) is 8.49. The molecule has 0 aliphatic rings. The fraction of sp³-hybridized carbons (Fsp3) is 0.211. The molecule has 3 aromatic rings. The number of benzene rings is 1. The van der Waals surface area contributed by atoms with Crippen molar-refractivity contribution >= 4 is 44.2 Å². The fourth-order valence-corrected chi connectivity index (χ4v) is 3.42. The van der Waals surface area contributed by atoms with Gasteiger partial charge in [-0.1, -0.05) is 19.9 Å². The van der Waals surface area contributed by atoms with Crippen molar-refractivity contribution in [3.05, 3.63) is 57.6 Å². The summed E-state index contributed by atoms with van der Waals surface area (Å²) in [6.45, 7) is 4.31. The highest BCUT2D eigenvalue weighted by Crippen LogP contribution is 2.33. The van der Waals surface area contributed by atoms with Crippen molar-refractivity contribution in [2.24, 2.45) is 5.92 Å². The van der Waals surface area contributed by atoms with Gasteiger partial charge in [0.05, 0.1) is 11.3 Å². The zero-order valence-electron chi connectivity index (χ0n) is 14.8. The Hall–Kier alpha value is -2.45. The van der Waals surface area contributed by atoms with E-state index in [0.29, 0.717) is 23.2 Å². The molecule has 1 aromatic carbocycles. The van der Waals surface area contributed by atoms with Crippen LogP contribution in [0.2, 0.25) is 0 Å². The van der Waals surface area contributed by atoms with E-state index in [0.717, 1.165) is 21.7 Å². The van der Waals surface area contributed by atoms with Crippen LogP contribution in [0.3, 0.4) is 0 Å². The Labute approximate surface area is 169 Å². The number of aromatic carboxylic acids is 1. The average molecular weight is 448 g/mol. The Balaban J connectivity index is 1.84. The Morgan fingerprint density at radius 2 is 2.19 bits per heavy atom. The molecule has 0 unspecified atom stereocenters. The maximum absolute atomic E-state index is 11.2. The van der Waals surface area contributed by atoms with Gasteiger partial charge in [-0.25, -0.2) is 14.8 Å². The molecule has 0 aliphatic heterocycles.